The summed E-state index contributed by atoms with van der Waals surface area (Å²) >= 11 is 7.82. The van der Waals surface area contributed by atoms with Gasteiger partial charge in [0.1, 0.15) is 5.82 Å². The van der Waals surface area contributed by atoms with E-state index in [1.165, 1.54) is 6.92 Å². The van der Waals surface area contributed by atoms with Gasteiger partial charge in [-0.2, -0.15) is 13.2 Å². The molecule has 0 radical (unpaired) electrons. The van der Waals surface area contributed by atoms with Crippen molar-refractivity contribution < 1.29 is 17.6 Å². The van der Waals surface area contributed by atoms with E-state index < -0.39 is 17.2 Å². The minimum atomic E-state index is -4.70. The summed E-state index contributed by atoms with van der Waals surface area (Å²) in [5.41, 5.74) is 0.235. The Balaban J connectivity index is 3.21. The Hall–Kier alpha value is -0.620. The van der Waals surface area contributed by atoms with Gasteiger partial charge in [-0.3, -0.25) is 0 Å². The smallest absolute Gasteiger partial charge is 0.232 e. The average molecular weight is 318 g/mol. The summed E-state index contributed by atoms with van der Waals surface area (Å²) in [7, 11) is 0. The maximum atomic E-state index is 13.0. The molecule has 0 aliphatic heterocycles. The molecular formula is C9H5BrClF4N. The zero-order chi connectivity index (χ0) is 12.5. The molecule has 0 amide bonds. The molecule has 0 saturated carbocycles. The molecule has 1 aromatic rings. The summed E-state index contributed by atoms with van der Waals surface area (Å²) in [4.78, 5) is 3.19. The monoisotopic (exact) mass is 317 g/mol. The van der Waals surface area contributed by atoms with E-state index in [2.05, 4.69) is 20.9 Å². The molecule has 0 atom stereocenters. The molecule has 0 aliphatic carbocycles. The molecule has 7 heteroatoms. The van der Waals surface area contributed by atoms with Crippen LogP contribution in [0.1, 0.15) is 5.56 Å². The van der Waals surface area contributed by atoms with E-state index in [0.29, 0.717) is 0 Å². The fourth-order valence-corrected chi connectivity index (χ4v) is 1.35. The van der Waals surface area contributed by atoms with Gasteiger partial charge < -0.3 is 0 Å². The van der Waals surface area contributed by atoms with Crippen molar-refractivity contribution >= 4 is 38.4 Å². The molecular weight excluding hydrogens is 313 g/mol. The predicted molar refractivity (Wildman–Crippen MR) is 57.8 cm³/mol. The van der Waals surface area contributed by atoms with Crippen molar-refractivity contribution in [3.8, 4) is 0 Å². The highest BCUT2D eigenvalue weighted by atomic mass is 79.9. The predicted octanol–water partition coefficient (Wildman–Crippen LogP) is 4.73. The summed E-state index contributed by atoms with van der Waals surface area (Å²) < 4.78 is 49.3. The van der Waals surface area contributed by atoms with Crippen molar-refractivity contribution in [3.05, 3.63) is 28.0 Å². The van der Waals surface area contributed by atoms with Crippen LogP contribution in [0.3, 0.4) is 0 Å². The molecule has 0 bridgehead atoms. The molecule has 88 valence electrons. The van der Waals surface area contributed by atoms with Crippen LogP contribution in [0.25, 0.3) is 0 Å². The van der Waals surface area contributed by atoms with Crippen LogP contribution >= 0.6 is 27.5 Å². The standard InChI is InChI=1S/C9H5BrClF4N/c1-4-2-6(12)5(10)3-7(4)16-8(11)9(13,14)15/h2-3H,1H3. The Labute approximate surface area is 102 Å². The van der Waals surface area contributed by atoms with Gasteiger partial charge in [-0.25, -0.2) is 9.38 Å². The van der Waals surface area contributed by atoms with E-state index in [4.69, 9.17) is 11.6 Å². The Bertz CT molecular complexity index is 442. The van der Waals surface area contributed by atoms with Crippen LogP contribution in [0.4, 0.5) is 23.2 Å². The summed E-state index contributed by atoms with van der Waals surface area (Å²) in [6, 6.07) is 2.21. The number of halogens is 6. The average Bonchev–Trinajstić information content (AvgIpc) is 2.12. The zero-order valence-corrected chi connectivity index (χ0v) is 10.2. The lowest BCUT2D eigenvalue weighted by atomic mass is 10.2. The van der Waals surface area contributed by atoms with Crippen molar-refractivity contribution in [1.29, 1.82) is 0 Å². The van der Waals surface area contributed by atoms with E-state index in [-0.39, 0.29) is 15.7 Å². The van der Waals surface area contributed by atoms with Crippen LogP contribution in [0, 0.1) is 12.7 Å². The van der Waals surface area contributed by atoms with E-state index in [0.717, 1.165) is 12.1 Å². The molecule has 1 rings (SSSR count). The number of hydrogen-bond donors (Lipinski definition) is 0. The molecule has 0 fully saturated rings. The van der Waals surface area contributed by atoms with Gasteiger partial charge in [-0.15, -0.1) is 0 Å². The first-order valence-electron chi connectivity index (χ1n) is 3.99. The SMILES string of the molecule is Cc1cc(F)c(Br)cc1N=C(Cl)C(F)(F)F. The molecule has 0 N–H and O–H groups in total. The Morgan fingerprint density at radius 2 is 1.94 bits per heavy atom. The van der Waals surface area contributed by atoms with Gasteiger partial charge in [0.2, 0.25) is 5.17 Å². The van der Waals surface area contributed by atoms with Crippen LogP contribution in [0.2, 0.25) is 0 Å². The maximum absolute atomic E-state index is 13.0. The first-order valence-corrected chi connectivity index (χ1v) is 5.16. The minimum absolute atomic E-state index is 0.0310. The molecule has 0 saturated heterocycles. The number of rotatable bonds is 1. The molecule has 1 aromatic carbocycles. The van der Waals surface area contributed by atoms with Gasteiger partial charge in [0.05, 0.1) is 10.2 Å². The van der Waals surface area contributed by atoms with Gasteiger partial charge in [0.25, 0.3) is 0 Å². The molecule has 0 unspecified atom stereocenters. The van der Waals surface area contributed by atoms with Crippen LogP contribution < -0.4 is 0 Å². The lowest BCUT2D eigenvalue weighted by Crippen LogP contribution is -2.16. The summed E-state index contributed by atoms with van der Waals surface area (Å²) in [6.45, 7) is 1.44. The van der Waals surface area contributed by atoms with Crippen LogP contribution in [0.15, 0.2) is 21.6 Å². The topological polar surface area (TPSA) is 12.4 Å². The molecule has 16 heavy (non-hydrogen) atoms. The number of aryl methyl sites for hydroxylation is 1. The first-order chi connectivity index (χ1) is 7.21. The number of aliphatic imine (C=N–C) groups is 1. The van der Waals surface area contributed by atoms with Crippen molar-refractivity contribution in [2.75, 3.05) is 0 Å². The lowest BCUT2D eigenvalue weighted by Gasteiger charge is -2.06. The lowest BCUT2D eigenvalue weighted by molar-refractivity contribution is -0.0558. The number of benzene rings is 1. The third-order valence-electron chi connectivity index (χ3n) is 1.69. The summed E-state index contributed by atoms with van der Waals surface area (Å²) in [5, 5.41) is -1.49. The number of hydrogen-bond acceptors (Lipinski definition) is 1. The van der Waals surface area contributed by atoms with Crippen molar-refractivity contribution in [3.63, 3.8) is 0 Å². The summed E-state index contributed by atoms with van der Waals surface area (Å²) in [6.07, 6.45) is -4.70. The third-order valence-corrected chi connectivity index (χ3v) is 2.60. The van der Waals surface area contributed by atoms with Gasteiger partial charge in [-0.05, 0) is 40.5 Å². The normalized spacial score (nSPS) is 13.1. The molecule has 1 nitrogen and oxygen atoms in total. The van der Waals surface area contributed by atoms with Gasteiger partial charge >= 0.3 is 6.18 Å². The van der Waals surface area contributed by atoms with E-state index >= 15 is 0 Å². The fraction of sp³-hybridized carbons (Fsp3) is 0.222. The number of alkyl halides is 3. The highest BCUT2D eigenvalue weighted by Crippen LogP contribution is 2.29. The van der Waals surface area contributed by atoms with E-state index in [1.54, 1.807) is 0 Å². The zero-order valence-electron chi connectivity index (χ0n) is 7.87. The largest absolute Gasteiger partial charge is 0.444 e. The summed E-state index contributed by atoms with van der Waals surface area (Å²) in [5.74, 6) is -0.570. The molecule has 0 aliphatic rings. The highest BCUT2D eigenvalue weighted by Gasteiger charge is 2.34. The minimum Gasteiger partial charge on any atom is -0.232 e. The maximum Gasteiger partial charge on any atom is 0.444 e. The molecule has 0 heterocycles. The second-order valence-electron chi connectivity index (χ2n) is 2.95. The van der Waals surface area contributed by atoms with Crippen LogP contribution in [0.5, 0.6) is 0 Å². The van der Waals surface area contributed by atoms with Crippen molar-refractivity contribution in [2.24, 2.45) is 4.99 Å². The first kappa shape index (κ1) is 13.4. The van der Waals surface area contributed by atoms with Crippen LogP contribution in [-0.2, 0) is 0 Å². The highest BCUT2D eigenvalue weighted by molar-refractivity contribution is 9.10. The quantitative estimate of drug-likeness (QED) is 0.524. The van der Waals surface area contributed by atoms with E-state index in [1.807, 2.05) is 0 Å². The second-order valence-corrected chi connectivity index (χ2v) is 4.17. The molecule has 0 aromatic heterocycles. The second kappa shape index (κ2) is 4.71. The third kappa shape index (κ3) is 3.18. The Morgan fingerprint density at radius 3 is 2.44 bits per heavy atom. The van der Waals surface area contributed by atoms with Gasteiger partial charge in [0, 0.05) is 0 Å². The van der Waals surface area contributed by atoms with Gasteiger partial charge in [-0.1, -0.05) is 11.6 Å². The van der Waals surface area contributed by atoms with Crippen molar-refractivity contribution in [1.82, 2.24) is 0 Å². The number of nitrogens with zero attached hydrogens (tertiary/aromatic N) is 1. The molecule has 0 spiro atoms. The van der Waals surface area contributed by atoms with E-state index in [9.17, 15) is 17.6 Å². The van der Waals surface area contributed by atoms with Crippen molar-refractivity contribution in [2.45, 2.75) is 13.1 Å². The van der Waals surface area contributed by atoms with Crippen LogP contribution in [-0.4, -0.2) is 11.3 Å². The fourth-order valence-electron chi connectivity index (χ4n) is 0.925. The Morgan fingerprint density at radius 1 is 1.38 bits per heavy atom. The van der Waals surface area contributed by atoms with Gasteiger partial charge in [0.15, 0.2) is 0 Å². The Kier molecular flexibility index (Phi) is 3.96.